The molecule has 0 N–H and O–H groups in total. The Labute approximate surface area is 105 Å². The standard InChI is InChI=1S/C11H15NO3S2/c1-2-17(14,15)10-7-12(8-10)11(13)6-9-4-3-5-16-9/h3-5,10H,2,6-8H2,1H3. The van der Waals surface area contributed by atoms with Gasteiger partial charge in [0.1, 0.15) is 0 Å². The van der Waals surface area contributed by atoms with Crippen molar-refractivity contribution in [1.82, 2.24) is 4.90 Å². The highest BCUT2D eigenvalue weighted by Gasteiger charge is 2.38. The lowest BCUT2D eigenvalue weighted by Crippen LogP contribution is -2.57. The minimum Gasteiger partial charge on any atom is -0.340 e. The van der Waals surface area contributed by atoms with Gasteiger partial charge in [0.2, 0.25) is 5.91 Å². The van der Waals surface area contributed by atoms with Gasteiger partial charge >= 0.3 is 0 Å². The van der Waals surface area contributed by atoms with E-state index in [4.69, 9.17) is 0 Å². The molecular weight excluding hydrogens is 258 g/mol. The van der Waals surface area contributed by atoms with Gasteiger partial charge in [0, 0.05) is 23.7 Å². The van der Waals surface area contributed by atoms with Gasteiger partial charge in [-0.2, -0.15) is 0 Å². The summed E-state index contributed by atoms with van der Waals surface area (Å²) >= 11 is 1.55. The van der Waals surface area contributed by atoms with Gasteiger partial charge in [0.05, 0.1) is 11.7 Å². The van der Waals surface area contributed by atoms with Crippen LogP contribution >= 0.6 is 11.3 Å². The molecule has 4 nitrogen and oxygen atoms in total. The first kappa shape index (κ1) is 12.6. The third kappa shape index (κ3) is 2.69. The number of amides is 1. The monoisotopic (exact) mass is 273 g/mol. The summed E-state index contributed by atoms with van der Waals surface area (Å²) in [6.07, 6.45) is 0.385. The van der Waals surface area contributed by atoms with Gasteiger partial charge < -0.3 is 4.90 Å². The van der Waals surface area contributed by atoms with Crippen LogP contribution in [0.4, 0.5) is 0 Å². The van der Waals surface area contributed by atoms with Crippen LogP contribution in [0.1, 0.15) is 11.8 Å². The molecule has 1 aromatic heterocycles. The second-order valence-electron chi connectivity index (χ2n) is 4.13. The van der Waals surface area contributed by atoms with Gasteiger partial charge in [0.15, 0.2) is 9.84 Å². The Kier molecular flexibility index (Phi) is 3.53. The molecule has 0 radical (unpaired) electrons. The zero-order chi connectivity index (χ0) is 12.5. The molecule has 1 saturated heterocycles. The molecule has 2 heterocycles. The lowest BCUT2D eigenvalue weighted by Gasteiger charge is -2.38. The highest BCUT2D eigenvalue weighted by Crippen LogP contribution is 2.19. The van der Waals surface area contributed by atoms with Crippen LogP contribution in [0.2, 0.25) is 0 Å². The number of carbonyl (C=O) groups excluding carboxylic acids is 1. The Hall–Kier alpha value is -0.880. The molecule has 1 aliphatic rings. The predicted octanol–water partition coefficient (Wildman–Crippen LogP) is 0.936. The van der Waals surface area contributed by atoms with Crippen molar-refractivity contribution in [2.24, 2.45) is 0 Å². The molecule has 0 spiro atoms. The van der Waals surface area contributed by atoms with Crippen molar-refractivity contribution in [1.29, 1.82) is 0 Å². The summed E-state index contributed by atoms with van der Waals surface area (Å²) in [5.41, 5.74) is 0. The van der Waals surface area contributed by atoms with Gasteiger partial charge in [0.25, 0.3) is 0 Å². The van der Waals surface area contributed by atoms with E-state index in [2.05, 4.69) is 0 Å². The Morgan fingerprint density at radius 2 is 2.24 bits per heavy atom. The molecule has 1 aromatic rings. The van der Waals surface area contributed by atoms with E-state index in [1.54, 1.807) is 23.2 Å². The molecule has 1 amide bonds. The van der Waals surface area contributed by atoms with Crippen LogP contribution in [0.15, 0.2) is 17.5 Å². The topological polar surface area (TPSA) is 54.5 Å². The van der Waals surface area contributed by atoms with Gasteiger partial charge in [-0.25, -0.2) is 8.42 Å². The fourth-order valence-electron chi connectivity index (χ4n) is 1.78. The number of carbonyl (C=O) groups is 1. The SMILES string of the molecule is CCS(=O)(=O)C1CN(C(=O)Cc2cccs2)C1. The van der Waals surface area contributed by atoms with Crippen molar-refractivity contribution in [3.63, 3.8) is 0 Å². The summed E-state index contributed by atoms with van der Waals surface area (Å²) in [4.78, 5) is 14.4. The van der Waals surface area contributed by atoms with E-state index in [-0.39, 0.29) is 16.9 Å². The largest absolute Gasteiger partial charge is 0.340 e. The van der Waals surface area contributed by atoms with E-state index in [0.717, 1.165) is 4.88 Å². The molecule has 0 aromatic carbocycles. The van der Waals surface area contributed by atoms with E-state index in [9.17, 15) is 13.2 Å². The summed E-state index contributed by atoms with van der Waals surface area (Å²) in [5, 5.41) is 1.59. The Balaban J connectivity index is 1.86. The van der Waals surface area contributed by atoms with Crippen LogP contribution in [0, 0.1) is 0 Å². The van der Waals surface area contributed by atoms with Crippen LogP contribution in [-0.2, 0) is 21.1 Å². The average Bonchev–Trinajstić information content (AvgIpc) is 2.67. The predicted molar refractivity (Wildman–Crippen MR) is 67.9 cm³/mol. The summed E-state index contributed by atoms with van der Waals surface area (Å²) in [6.45, 7) is 2.37. The Morgan fingerprint density at radius 3 is 2.76 bits per heavy atom. The third-order valence-electron chi connectivity index (χ3n) is 3.02. The van der Waals surface area contributed by atoms with Gasteiger partial charge in [-0.05, 0) is 11.4 Å². The number of sulfone groups is 1. The molecular formula is C11H15NO3S2. The molecule has 17 heavy (non-hydrogen) atoms. The maximum absolute atomic E-state index is 11.8. The van der Waals surface area contributed by atoms with Crippen LogP contribution < -0.4 is 0 Å². The van der Waals surface area contributed by atoms with Crippen molar-refractivity contribution in [3.8, 4) is 0 Å². The van der Waals surface area contributed by atoms with E-state index in [1.165, 1.54) is 0 Å². The van der Waals surface area contributed by atoms with Crippen molar-refractivity contribution >= 4 is 27.1 Å². The zero-order valence-electron chi connectivity index (χ0n) is 9.63. The van der Waals surface area contributed by atoms with Gasteiger partial charge in [-0.15, -0.1) is 11.3 Å². The molecule has 1 fully saturated rings. The van der Waals surface area contributed by atoms with Crippen molar-refractivity contribution < 1.29 is 13.2 Å². The first-order chi connectivity index (χ1) is 8.03. The summed E-state index contributed by atoms with van der Waals surface area (Å²) in [5.74, 6) is 0.181. The quantitative estimate of drug-likeness (QED) is 0.820. The van der Waals surface area contributed by atoms with Crippen LogP contribution in [0.5, 0.6) is 0 Å². The molecule has 0 atom stereocenters. The molecule has 0 aliphatic carbocycles. The number of nitrogens with zero attached hydrogens (tertiary/aromatic N) is 1. The number of thiophene rings is 1. The van der Waals surface area contributed by atoms with Crippen LogP contribution in [0.25, 0.3) is 0 Å². The normalized spacial score (nSPS) is 16.9. The van der Waals surface area contributed by atoms with E-state index < -0.39 is 9.84 Å². The molecule has 0 unspecified atom stereocenters. The number of hydrogen-bond acceptors (Lipinski definition) is 4. The number of hydrogen-bond donors (Lipinski definition) is 0. The second kappa shape index (κ2) is 4.78. The summed E-state index contributed by atoms with van der Waals surface area (Å²) < 4.78 is 23.1. The third-order valence-corrected chi connectivity index (χ3v) is 6.01. The molecule has 6 heteroatoms. The minimum absolute atomic E-state index is 0.0232. The first-order valence-corrected chi connectivity index (χ1v) is 8.14. The zero-order valence-corrected chi connectivity index (χ0v) is 11.3. The van der Waals surface area contributed by atoms with E-state index in [0.29, 0.717) is 19.5 Å². The van der Waals surface area contributed by atoms with Gasteiger partial charge in [-0.3, -0.25) is 4.79 Å². The highest BCUT2D eigenvalue weighted by molar-refractivity contribution is 7.92. The lowest BCUT2D eigenvalue weighted by molar-refractivity contribution is -0.133. The van der Waals surface area contributed by atoms with Crippen molar-refractivity contribution in [3.05, 3.63) is 22.4 Å². The average molecular weight is 273 g/mol. The summed E-state index contributed by atoms with van der Waals surface area (Å²) in [6, 6.07) is 3.83. The highest BCUT2D eigenvalue weighted by atomic mass is 32.2. The van der Waals surface area contributed by atoms with E-state index >= 15 is 0 Å². The fraction of sp³-hybridized carbons (Fsp3) is 0.545. The first-order valence-electron chi connectivity index (χ1n) is 5.54. The molecule has 0 bridgehead atoms. The maximum Gasteiger partial charge on any atom is 0.227 e. The van der Waals surface area contributed by atoms with Crippen LogP contribution in [0.3, 0.4) is 0 Å². The smallest absolute Gasteiger partial charge is 0.227 e. The molecule has 2 rings (SSSR count). The molecule has 94 valence electrons. The minimum atomic E-state index is -2.98. The lowest BCUT2D eigenvalue weighted by atomic mass is 10.2. The second-order valence-corrected chi connectivity index (χ2v) is 7.73. The van der Waals surface area contributed by atoms with Crippen molar-refractivity contribution in [2.45, 2.75) is 18.6 Å². The number of rotatable bonds is 4. The number of likely N-dealkylation sites (tertiary alicyclic amines) is 1. The summed E-state index contributed by atoms with van der Waals surface area (Å²) in [7, 11) is -2.98. The van der Waals surface area contributed by atoms with Gasteiger partial charge in [-0.1, -0.05) is 13.0 Å². The van der Waals surface area contributed by atoms with E-state index in [1.807, 2.05) is 17.5 Å². The van der Waals surface area contributed by atoms with Crippen molar-refractivity contribution in [2.75, 3.05) is 18.8 Å². The Bertz CT molecular complexity index is 487. The van der Waals surface area contributed by atoms with Crippen LogP contribution in [-0.4, -0.2) is 43.3 Å². The fourth-order valence-corrected chi connectivity index (χ4v) is 3.76. The molecule has 0 saturated carbocycles. The maximum atomic E-state index is 11.8. The molecule has 1 aliphatic heterocycles. The Morgan fingerprint density at radius 1 is 1.53 bits per heavy atom.